The number of allylic oxidation sites excluding steroid dienone is 1. The SMILES string of the molecule is COc1ccc(C2=CC(c3ccc(Cl)cc3)n3c(nc4ccccc43)N2)cc1. The van der Waals surface area contributed by atoms with Crippen LogP contribution in [-0.4, -0.2) is 16.7 Å². The summed E-state index contributed by atoms with van der Waals surface area (Å²) in [5, 5.41) is 4.23. The average molecular weight is 388 g/mol. The molecule has 0 aliphatic carbocycles. The van der Waals surface area contributed by atoms with Gasteiger partial charge in [0.05, 0.1) is 24.2 Å². The van der Waals surface area contributed by atoms with Crippen molar-refractivity contribution in [3.05, 3.63) is 95.0 Å². The summed E-state index contributed by atoms with van der Waals surface area (Å²) in [6, 6.07) is 24.2. The molecule has 0 radical (unpaired) electrons. The number of ether oxygens (including phenoxy) is 1. The number of fused-ring (bicyclic) bond motifs is 3. The number of hydrogen-bond donors (Lipinski definition) is 1. The van der Waals surface area contributed by atoms with Gasteiger partial charge in [-0.05, 0) is 65.7 Å². The lowest BCUT2D eigenvalue weighted by atomic mass is 10.0. The van der Waals surface area contributed by atoms with Crippen molar-refractivity contribution in [1.29, 1.82) is 0 Å². The van der Waals surface area contributed by atoms with Gasteiger partial charge in [-0.25, -0.2) is 4.98 Å². The first-order valence-electron chi connectivity index (χ1n) is 9.08. The van der Waals surface area contributed by atoms with Gasteiger partial charge in [0, 0.05) is 10.7 Å². The first kappa shape index (κ1) is 16.9. The maximum atomic E-state index is 6.12. The molecule has 4 aromatic rings. The minimum Gasteiger partial charge on any atom is -0.497 e. The van der Waals surface area contributed by atoms with E-state index in [1.807, 2.05) is 42.5 Å². The fraction of sp³-hybridized carbons (Fsp3) is 0.0870. The first-order valence-corrected chi connectivity index (χ1v) is 9.46. The van der Waals surface area contributed by atoms with Crippen LogP contribution in [0.3, 0.4) is 0 Å². The lowest BCUT2D eigenvalue weighted by Crippen LogP contribution is -2.19. The van der Waals surface area contributed by atoms with Crippen LogP contribution in [0, 0.1) is 0 Å². The van der Waals surface area contributed by atoms with Crippen molar-refractivity contribution in [3.8, 4) is 5.75 Å². The molecule has 1 atom stereocenters. The largest absolute Gasteiger partial charge is 0.497 e. The molecule has 5 heteroatoms. The Kier molecular flexibility index (Phi) is 4.06. The Labute approximate surface area is 168 Å². The van der Waals surface area contributed by atoms with E-state index < -0.39 is 0 Å². The second-order valence-electron chi connectivity index (χ2n) is 6.72. The summed E-state index contributed by atoms with van der Waals surface area (Å²) in [6.45, 7) is 0. The van der Waals surface area contributed by atoms with Gasteiger partial charge in [-0.1, -0.05) is 35.9 Å². The molecule has 3 aromatic carbocycles. The third-order valence-corrected chi connectivity index (χ3v) is 5.31. The molecule has 0 saturated carbocycles. The zero-order valence-electron chi connectivity index (χ0n) is 15.3. The molecule has 0 bridgehead atoms. The van der Waals surface area contributed by atoms with Crippen molar-refractivity contribution < 1.29 is 4.74 Å². The number of nitrogens with one attached hydrogen (secondary N) is 1. The van der Waals surface area contributed by atoms with Crippen molar-refractivity contribution in [3.63, 3.8) is 0 Å². The van der Waals surface area contributed by atoms with E-state index in [-0.39, 0.29) is 6.04 Å². The second kappa shape index (κ2) is 6.73. The topological polar surface area (TPSA) is 39.1 Å². The second-order valence-corrected chi connectivity index (χ2v) is 7.16. The number of para-hydroxylation sites is 2. The Bertz CT molecular complexity index is 1180. The predicted molar refractivity (Wildman–Crippen MR) is 114 cm³/mol. The molecule has 1 N–H and O–H groups in total. The molecule has 1 unspecified atom stereocenters. The number of benzene rings is 3. The van der Waals surface area contributed by atoms with Crippen LogP contribution >= 0.6 is 11.6 Å². The first-order chi connectivity index (χ1) is 13.7. The highest BCUT2D eigenvalue weighted by Gasteiger charge is 2.25. The Morgan fingerprint density at radius 1 is 0.964 bits per heavy atom. The summed E-state index contributed by atoms with van der Waals surface area (Å²) in [5.74, 6) is 1.66. The molecule has 1 aliphatic heterocycles. The zero-order chi connectivity index (χ0) is 19.1. The molecular formula is C23H18ClN3O. The molecule has 4 nitrogen and oxygen atoms in total. The van der Waals surface area contributed by atoms with E-state index in [2.05, 4.69) is 46.3 Å². The van der Waals surface area contributed by atoms with Crippen LogP contribution in [0.1, 0.15) is 17.2 Å². The lowest BCUT2D eigenvalue weighted by molar-refractivity contribution is 0.415. The van der Waals surface area contributed by atoms with E-state index in [1.165, 1.54) is 0 Å². The van der Waals surface area contributed by atoms with Crippen LogP contribution in [0.5, 0.6) is 5.75 Å². The zero-order valence-corrected chi connectivity index (χ0v) is 16.0. The molecule has 1 aliphatic rings. The number of imidazole rings is 1. The van der Waals surface area contributed by atoms with Crippen LogP contribution in [0.4, 0.5) is 5.95 Å². The maximum absolute atomic E-state index is 6.12. The van der Waals surface area contributed by atoms with Gasteiger partial charge < -0.3 is 10.1 Å². The summed E-state index contributed by atoms with van der Waals surface area (Å²) in [4.78, 5) is 4.82. The van der Waals surface area contributed by atoms with Gasteiger partial charge >= 0.3 is 0 Å². The third-order valence-electron chi connectivity index (χ3n) is 5.06. The minimum atomic E-state index is 0.0121. The van der Waals surface area contributed by atoms with E-state index in [0.717, 1.165) is 44.6 Å². The smallest absolute Gasteiger partial charge is 0.209 e. The summed E-state index contributed by atoms with van der Waals surface area (Å²) >= 11 is 6.12. The van der Waals surface area contributed by atoms with E-state index in [4.69, 9.17) is 21.3 Å². The molecule has 0 amide bonds. The molecule has 0 fully saturated rings. The lowest BCUT2D eigenvalue weighted by Gasteiger charge is -2.26. The van der Waals surface area contributed by atoms with Crippen LogP contribution in [0.2, 0.25) is 5.02 Å². The Morgan fingerprint density at radius 3 is 2.46 bits per heavy atom. The summed E-state index contributed by atoms with van der Waals surface area (Å²) in [5.41, 5.74) is 5.31. The van der Waals surface area contributed by atoms with Gasteiger partial charge in [0.15, 0.2) is 0 Å². The fourth-order valence-electron chi connectivity index (χ4n) is 3.65. The van der Waals surface area contributed by atoms with Crippen molar-refractivity contribution in [2.45, 2.75) is 6.04 Å². The molecular weight excluding hydrogens is 370 g/mol. The fourth-order valence-corrected chi connectivity index (χ4v) is 3.78. The highest BCUT2D eigenvalue weighted by molar-refractivity contribution is 6.30. The number of anilines is 1. The van der Waals surface area contributed by atoms with Crippen molar-refractivity contribution >= 4 is 34.3 Å². The van der Waals surface area contributed by atoms with Crippen LogP contribution in [0.25, 0.3) is 16.7 Å². The van der Waals surface area contributed by atoms with E-state index in [1.54, 1.807) is 7.11 Å². The van der Waals surface area contributed by atoms with Crippen molar-refractivity contribution in [2.75, 3.05) is 12.4 Å². The van der Waals surface area contributed by atoms with Gasteiger partial charge in [-0.2, -0.15) is 0 Å². The Balaban J connectivity index is 1.67. The number of nitrogens with zero attached hydrogens (tertiary/aromatic N) is 2. The summed E-state index contributed by atoms with van der Waals surface area (Å²) in [6.07, 6.45) is 2.23. The minimum absolute atomic E-state index is 0.0121. The van der Waals surface area contributed by atoms with E-state index >= 15 is 0 Å². The van der Waals surface area contributed by atoms with E-state index in [0.29, 0.717) is 0 Å². The highest BCUT2D eigenvalue weighted by atomic mass is 35.5. The molecule has 28 heavy (non-hydrogen) atoms. The molecule has 2 heterocycles. The van der Waals surface area contributed by atoms with Crippen LogP contribution < -0.4 is 10.1 Å². The van der Waals surface area contributed by atoms with Crippen molar-refractivity contribution in [2.24, 2.45) is 0 Å². The average Bonchev–Trinajstić information content (AvgIpc) is 3.12. The standard InChI is InChI=1S/C23H18ClN3O/c1-28-18-12-8-15(9-13-18)20-14-22(16-6-10-17(24)11-7-16)27-21-5-3-2-4-19(21)25-23(27)26-20/h2-14,22H,1H3,(H,25,26). The number of rotatable bonds is 3. The quantitative estimate of drug-likeness (QED) is 0.486. The Hall–Kier alpha value is -3.24. The van der Waals surface area contributed by atoms with Gasteiger partial charge in [0.2, 0.25) is 5.95 Å². The summed E-state index contributed by atoms with van der Waals surface area (Å²) in [7, 11) is 1.67. The predicted octanol–water partition coefficient (Wildman–Crippen LogP) is 5.75. The number of methoxy groups -OCH3 is 1. The van der Waals surface area contributed by atoms with Crippen LogP contribution in [0.15, 0.2) is 78.9 Å². The molecule has 1 aromatic heterocycles. The molecule has 5 rings (SSSR count). The van der Waals surface area contributed by atoms with Gasteiger partial charge in [0.1, 0.15) is 5.75 Å². The van der Waals surface area contributed by atoms with Crippen LogP contribution in [-0.2, 0) is 0 Å². The highest BCUT2D eigenvalue weighted by Crippen LogP contribution is 2.37. The van der Waals surface area contributed by atoms with Crippen molar-refractivity contribution in [1.82, 2.24) is 9.55 Å². The number of hydrogen-bond acceptors (Lipinski definition) is 3. The third kappa shape index (κ3) is 2.83. The molecule has 0 saturated heterocycles. The van der Waals surface area contributed by atoms with E-state index in [9.17, 15) is 0 Å². The molecule has 0 spiro atoms. The number of halogens is 1. The summed E-state index contributed by atoms with van der Waals surface area (Å²) < 4.78 is 7.51. The normalized spacial score (nSPS) is 15.6. The van der Waals surface area contributed by atoms with Gasteiger partial charge in [0.25, 0.3) is 0 Å². The maximum Gasteiger partial charge on any atom is 0.209 e. The monoisotopic (exact) mass is 387 g/mol. The number of aromatic nitrogens is 2. The Morgan fingerprint density at radius 2 is 1.71 bits per heavy atom. The molecule has 138 valence electrons. The van der Waals surface area contributed by atoms with Gasteiger partial charge in [-0.3, -0.25) is 4.57 Å². The van der Waals surface area contributed by atoms with Gasteiger partial charge in [-0.15, -0.1) is 0 Å².